The first kappa shape index (κ1) is 19.3. The van der Waals surface area contributed by atoms with Gasteiger partial charge in [0.05, 0.1) is 13.2 Å². The van der Waals surface area contributed by atoms with E-state index in [0.717, 1.165) is 24.8 Å². The lowest BCUT2D eigenvalue weighted by atomic mass is 10.1. The van der Waals surface area contributed by atoms with E-state index >= 15 is 0 Å². The normalized spacial score (nSPS) is 13.0. The van der Waals surface area contributed by atoms with Crippen LogP contribution in [0.5, 0.6) is 5.75 Å². The van der Waals surface area contributed by atoms with Crippen LogP contribution in [0, 0.1) is 0 Å². The second kappa shape index (κ2) is 10.9. The highest BCUT2D eigenvalue weighted by Gasteiger charge is 2.14. The Morgan fingerprint density at radius 1 is 1.17 bits per heavy atom. The summed E-state index contributed by atoms with van der Waals surface area (Å²) >= 11 is 0. The summed E-state index contributed by atoms with van der Waals surface area (Å²) in [6, 6.07) is 8.51. The molecule has 5 heteroatoms. The number of hydrogen-bond acceptors (Lipinski definition) is 3. The SMILES string of the molecule is CCCCCNC(=NC)NCC(c1ccc(OC)cc1)N(C)C. The lowest BCUT2D eigenvalue weighted by Gasteiger charge is -2.26. The van der Waals surface area contributed by atoms with Crippen molar-refractivity contribution in [2.24, 2.45) is 4.99 Å². The van der Waals surface area contributed by atoms with Gasteiger partial charge in [0.25, 0.3) is 0 Å². The zero-order chi connectivity index (χ0) is 17.1. The first-order chi connectivity index (χ1) is 11.1. The van der Waals surface area contributed by atoms with Crippen LogP contribution in [-0.4, -0.2) is 52.2 Å². The Kier molecular flexibility index (Phi) is 9.14. The molecule has 23 heavy (non-hydrogen) atoms. The Morgan fingerprint density at radius 3 is 2.39 bits per heavy atom. The molecule has 0 saturated heterocycles. The third-order valence-corrected chi connectivity index (χ3v) is 3.88. The average molecular weight is 320 g/mol. The topological polar surface area (TPSA) is 48.9 Å². The molecule has 1 rings (SSSR count). The van der Waals surface area contributed by atoms with Gasteiger partial charge in [-0.15, -0.1) is 0 Å². The minimum Gasteiger partial charge on any atom is -0.497 e. The Hall–Kier alpha value is -1.75. The van der Waals surface area contributed by atoms with Crippen molar-refractivity contribution in [3.05, 3.63) is 29.8 Å². The number of nitrogens with zero attached hydrogens (tertiary/aromatic N) is 2. The summed E-state index contributed by atoms with van der Waals surface area (Å²) in [4.78, 5) is 6.50. The second-order valence-corrected chi connectivity index (χ2v) is 5.84. The highest BCUT2D eigenvalue weighted by Crippen LogP contribution is 2.20. The molecule has 0 saturated carbocycles. The van der Waals surface area contributed by atoms with Crippen LogP contribution in [0.2, 0.25) is 0 Å². The minimum atomic E-state index is 0.273. The molecule has 1 aromatic rings. The maximum atomic E-state index is 5.23. The zero-order valence-electron chi connectivity index (χ0n) is 15.2. The summed E-state index contributed by atoms with van der Waals surface area (Å²) in [6.45, 7) is 3.97. The molecule has 2 N–H and O–H groups in total. The van der Waals surface area contributed by atoms with Gasteiger partial charge in [0, 0.05) is 20.1 Å². The highest BCUT2D eigenvalue weighted by atomic mass is 16.5. The Bertz CT molecular complexity index is 457. The van der Waals surface area contributed by atoms with Gasteiger partial charge in [-0.05, 0) is 38.2 Å². The number of hydrogen-bond donors (Lipinski definition) is 2. The van der Waals surface area contributed by atoms with Crippen molar-refractivity contribution in [3.63, 3.8) is 0 Å². The largest absolute Gasteiger partial charge is 0.497 e. The van der Waals surface area contributed by atoms with Crippen molar-refractivity contribution < 1.29 is 4.74 Å². The summed E-state index contributed by atoms with van der Waals surface area (Å²) in [7, 11) is 7.68. The molecule has 1 atom stereocenters. The van der Waals surface area contributed by atoms with Crippen LogP contribution < -0.4 is 15.4 Å². The third kappa shape index (κ3) is 6.91. The molecular formula is C18H32N4O. The maximum absolute atomic E-state index is 5.23. The number of unbranched alkanes of at least 4 members (excludes halogenated alkanes) is 2. The molecule has 1 aromatic carbocycles. The van der Waals surface area contributed by atoms with Gasteiger partial charge >= 0.3 is 0 Å². The number of methoxy groups -OCH3 is 1. The van der Waals surface area contributed by atoms with Gasteiger partial charge in [0.1, 0.15) is 5.75 Å². The monoisotopic (exact) mass is 320 g/mol. The number of guanidine groups is 1. The lowest BCUT2D eigenvalue weighted by Crippen LogP contribution is -2.42. The quantitative estimate of drug-likeness (QED) is 0.417. The number of ether oxygens (including phenoxy) is 1. The molecule has 0 aromatic heterocycles. The van der Waals surface area contributed by atoms with Crippen molar-refractivity contribution in [3.8, 4) is 5.75 Å². The summed E-state index contributed by atoms with van der Waals surface area (Å²) in [6.07, 6.45) is 3.65. The molecule has 0 bridgehead atoms. The van der Waals surface area contributed by atoms with E-state index < -0.39 is 0 Å². The number of benzene rings is 1. The summed E-state index contributed by atoms with van der Waals surface area (Å²) in [5, 5.41) is 6.79. The predicted octanol–water partition coefficient (Wildman–Crippen LogP) is 2.65. The molecular weight excluding hydrogens is 288 g/mol. The van der Waals surface area contributed by atoms with E-state index in [1.54, 1.807) is 7.11 Å². The van der Waals surface area contributed by atoms with Gasteiger partial charge in [0.2, 0.25) is 0 Å². The Morgan fingerprint density at radius 2 is 1.87 bits per heavy atom. The van der Waals surface area contributed by atoms with Crippen LogP contribution in [0.15, 0.2) is 29.3 Å². The molecule has 0 spiro atoms. The van der Waals surface area contributed by atoms with Crippen molar-refractivity contribution in [1.29, 1.82) is 0 Å². The van der Waals surface area contributed by atoms with Gasteiger partial charge in [-0.1, -0.05) is 31.9 Å². The molecule has 0 aliphatic rings. The van der Waals surface area contributed by atoms with E-state index in [4.69, 9.17) is 4.74 Å². The standard InChI is InChI=1S/C18H32N4O/c1-6-7-8-13-20-18(19-2)21-14-17(22(3)4)15-9-11-16(23-5)12-10-15/h9-12,17H,6-8,13-14H2,1-5H3,(H2,19,20,21). The Labute approximate surface area is 141 Å². The zero-order valence-corrected chi connectivity index (χ0v) is 15.2. The molecule has 5 nitrogen and oxygen atoms in total. The van der Waals surface area contributed by atoms with E-state index in [2.05, 4.69) is 53.7 Å². The van der Waals surface area contributed by atoms with E-state index in [9.17, 15) is 0 Å². The van der Waals surface area contributed by atoms with Crippen LogP contribution in [0.3, 0.4) is 0 Å². The number of rotatable bonds is 9. The number of aliphatic imine (C=N–C) groups is 1. The minimum absolute atomic E-state index is 0.273. The van der Waals surface area contributed by atoms with Crippen molar-refractivity contribution >= 4 is 5.96 Å². The molecule has 1 unspecified atom stereocenters. The van der Waals surface area contributed by atoms with Gasteiger partial charge in [0.15, 0.2) is 5.96 Å². The van der Waals surface area contributed by atoms with E-state index in [0.29, 0.717) is 0 Å². The molecule has 0 amide bonds. The van der Waals surface area contributed by atoms with Crippen LogP contribution in [0.1, 0.15) is 37.8 Å². The summed E-state index contributed by atoms with van der Waals surface area (Å²) in [5.41, 5.74) is 1.25. The number of likely N-dealkylation sites (N-methyl/N-ethyl adjacent to an activating group) is 1. The lowest BCUT2D eigenvalue weighted by molar-refractivity contribution is 0.298. The third-order valence-electron chi connectivity index (χ3n) is 3.88. The molecule has 0 aliphatic carbocycles. The number of nitrogens with one attached hydrogen (secondary N) is 2. The van der Waals surface area contributed by atoms with Gasteiger partial charge < -0.3 is 20.3 Å². The van der Waals surface area contributed by atoms with Crippen molar-refractivity contribution in [2.75, 3.05) is 41.3 Å². The fourth-order valence-corrected chi connectivity index (χ4v) is 2.42. The van der Waals surface area contributed by atoms with Gasteiger partial charge in [-0.3, -0.25) is 4.99 Å². The maximum Gasteiger partial charge on any atom is 0.191 e. The predicted molar refractivity (Wildman–Crippen MR) is 98.3 cm³/mol. The van der Waals surface area contributed by atoms with E-state index in [1.807, 2.05) is 19.2 Å². The fourth-order valence-electron chi connectivity index (χ4n) is 2.42. The molecule has 130 valence electrons. The van der Waals surface area contributed by atoms with Crippen LogP contribution in [-0.2, 0) is 0 Å². The molecule has 0 heterocycles. The average Bonchev–Trinajstić information content (AvgIpc) is 2.57. The second-order valence-electron chi connectivity index (χ2n) is 5.84. The summed E-state index contributed by atoms with van der Waals surface area (Å²) < 4.78 is 5.23. The summed E-state index contributed by atoms with van der Waals surface area (Å²) in [5.74, 6) is 1.74. The van der Waals surface area contributed by atoms with Gasteiger partial charge in [-0.2, -0.15) is 0 Å². The van der Waals surface area contributed by atoms with Crippen LogP contribution >= 0.6 is 0 Å². The van der Waals surface area contributed by atoms with Crippen molar-refractivity contribution in [1.82, 2.24) is 15.5 Å². The fraction of sp³-hybridized carbons (Fsp3) is 0.611. The molecule has 0 fully saturated rings. The first-order valence-electron chi connectivity index (χ1n) is 8.37. The smallest absolute Gasteiger partial charge is 0.191 e. The molecule has 0 aliphatic heterocycles. The van der Waals surface area contributed by atoms with Gasteiger partial charge in [-0.25, -0.2) is 0 Å². The van der Waals surface area contributed by atoms with Crippen molar-refractivity contribution in [2.45, 2.75) is 32.2 Å². The van der Waals surface area contributed by atoms with Crippen LogP contribution in [0.25, 0.3) is 0 Å². The Balaban J connectivity index is 2.57. The highest BCUT2D eigenvalue weighted by molar-refractivity contribution is 5.79. The molecule has 0 radical (unpaired) electrons. The van der Waals surface area contributed by atoms with Crippen LogP contribution in [0.4, 0.5) is 0 Å². The van der Waals surface area contributed by atoms with E-state index in [1.165, 1.54) is 24.8 Å². The van der Waals surface area contributed by atoms with E-state index in [-0.39, 0.29) is 6.04 Å². The first-order valence-corrected chi connectivity index (χ1v) is 8.37.